The van der Waals surface area contributed by atoms with Gasteiger partial charge in [-0.1, -0.05) is 41.9 Å². The average molecular weight is 326 g/mol. The number of anilines is 2. The van der Waals surface area contributed by atoms with E-state index in [1.54, 1.807) is 24.3 Å². The van der Waals surface area contributed by atoms with Crippen molar-refractivity contribution in [1.82, 2.24) is 0 Å². The number of nitrogens with zero attached hydrogens (tertiary/aromatic N) is 1. The van der Waals surface area contributed by atoms with Crippen LogP contribution in [0.3, 0.4) is 0 Å². The lowest BCUT2D eigenvalue weighted by Crippen LogP contribution is -2.29. The van der Waals surface area contributed by atoms with E-state index in [-0.39, 0.29) is 5.84 Å². The van der Waals surface area contributed by atoms with E-state index in [2.05, 4.69) is 15.6 Å². The van der Waals surface area contributed by atoms with E-state index in [1.807, 2.05) is 30.3 Å². The van der Waals surface area contributed by atoms with Gasteiger partial charge in [0.1, 0.15) is 0 Å². The van der Waals surface area contributed by atoms with Crippen molar-refractivity contribution in [3.05, 3.63) is 71.4 Å². The molecular weight excluding hydrogens is 314 g/mol. The van der Waals surface area contributed by atoms with Crippen LogP contribution in [0.15, 0.2) is 71.4 Å². The number of amidine groups is 1. The minimum Gasteiger partial charge on any atom is -0.352 e. The molecule has 0 radical (unpaired) electrons. The van der Waals surface area contributed by atoms with Crippen molar-refractivity contribution in [2.45, 2.75) is 0 Å². The molecule has 1 aliphatic rings. The Morgan fingerprint density at radius 3 is 2.30 bits per heavy atom. The zero-order valence-corrected chi connectivity index (χ0v) is 12.7. The van der Waals surface area contributed by atoms with Crippen molar-refractivity contribution in [3.8, 4) is 0 Å². The molecule has 1 heterocycles. The highest BCUT2D eigenvalue weighted by atomic mass is 35.5. The van der Waals surface area contributed by atoms with Crippen LogP contribution in [0.25, 0.3) is 0 Å². The molecule has 0 saturated heterocycles. The van der Waals surface area contributed by atoms with E-state index < -0.39 is 11.7 Å². The number of aliphatic imine (C=N–C) groups is 1. The fraction of sp³-hybridized carbons (Fsp3) is 0. The van der Waals surface area contributed by atoms with Gasteiger partial charge in [0.2, 0.25) is 5.78 Å². The second kappa shape index (κ2) is 6.46. The quantitative estimate of drug-likeness (QED) is 0.850. The van der Waals surface area contributed by atoms with Crippen molar-refractivity contribution < 1.29 is 9.59 Å². The highest BCUT2D eigenvalue weighted by molar-refractivity contribution is 6.46. The lowest BCUT2D eigenvalue weighted by Gasteiger charge is -2.18. The number of amides is 1. The first kappa shape index (κ1) is 15.0. The molecule has 3 rings (SSSR count). The molecule has 0 aliphatic carbocycles. The van der Waals surface area contributed by atoms with Gasteiger partial charge in [0.25, 0.3) is 0 Å². The van der Waals surface area contributed by atoms with E-state index in [0.717, 1.165) is 5.69 Å². The van der Waals surface area contributed by atoms with Crippen LogP contribution in [0.4, 0.5) is 11.4 Å². The summed E-state index contributed by atoms with van der Waals surface area (Å²) in [6.07, 6.45) is 1.22. The summed E-state index contributed by atoms with van der Waals surface area (Å²) < 4.78 is 0. The second-order valence-electron chi connectivity index (χ2n) is 4.78. The number of dihydropyridines is 1. The van der Waals surface area contributed by atoms with Gasteiger partial charge in [0.15, 0.2) is 5.84 Å². The SMILES string of the molecule is O=C1C=C(Nc2ccccc2)C(Nc2ccccc2Cl)=NC1=O. The number of benzene rings is 2. The van der Waals surface area contributed by atoms with Crippen LogP contribution in [0, 0.1) is 0 Å². The molecule has 2 N–H and O–H groups in total. The third-order valence-corrected chi connectivity index (χ3v) is 3.46. The number of hydrogen-bond acceptors (Lipinski definition) is 4. The highest BCUT2D eigenvalue weighted by Crippen LogP contribution is 2.22. The molecule has 0 atom stereocenters. The predicted molar refractivity (Wildman–Crippen MR) is 90.7 cm³/mol. The van der Waals surface area contributed by atoms with E-state index in [0.29, 0.717) is 16.4 Å². The number of ketones is 1. The Labute approximate surface area is 137 Å². The lowest BCUT2D eigenvalue weighted by molar-refractivity contribution is -0.133. The number of carbonyl (C=O) groups is 2. The molecule has 23 heavy (non-hydrogen) atoms. The minimum absolute atomic E-state index is 0.242. The van der Waals surface area contributed by atoms with Crippen molar-refractivity contribution in [3.63, 3.8) is 0 Å². The van der Waals surface area contributed by atoms with Crippen LogP contribution >= 0.6 is 11.6 Å². The number of halogens is 1. The molecule has 0 unspecified atom stereocenters. The van der Waals surface area contributed by atoms with Crippen molar-refractivity contribution in [2.75, 3.05) is 10.6 Å². The third kappa shape index (κ3) is 3.46. The molecular formula is C17H12ClN3O2. The number of para-hydroxylation sites is 2. The zero-order chi connectivity index (χ0) is 16.2. The van der Waals surface area contributed by atoms with Crippen LogP contribution in [0.1, 0.15) is 0 Å². The monoisotopic (exact) mass is 325 g/mol. The Kier molecular flexibility index (Phi) is 4.21. The normalized spacial score (nSPS) is 14.1. The van der Waals surface area contributed by atoms with Gasteiger partial charge in [0, 0.05) is 11.8 Å². The van der Waals surface area contributed by atoms with Crippen LogP contribution in [-0.4, -0.2) is 17.5 Å². The van der Waals surface area contributed by atoms with Crippen molar-refractivity contribution >= 4 is 40.5 Å². The largest absolute Gasteiger partial charge is 0.352 e. The van der Waals surface area contributed by atoms with E-state index in [1.165, 1.54) is 6.08 Å². The van der Waals surface area contributed by atoms with Gasteiger partial charge in [-0.2, -0.15) is 4.99 Å². The van der Waals surface area contributed by atoms with Gasteiger partial charge < -0.3 is 10.6 Å². The molecule has 5 nitrogen and oxygen atoms in total. The summed E-state index contributed by atoms with van der Waals surface area (Å²) in [5, 5.41) is 6.54. The number of carbonyl (C=O) groups excluding carboxylic acids is 2. The lowest BCUT2D eigenvalue weighted by atomic mass is 10.2. The van der Waals surface area contributed by atoms with E-state index in [9.17, 15) is 9.59 Å². The van der Waals surface area contributed by atoms with Crippen LogP contribution in [0.5, 0.6) is 0 Å². The summed E-state index contributed by atoms with van der Waals surface area (Å²) in [5.74, 6) is -1.25. The number of rotatable bonds is 3. The molecule has 0 saturated carbocycles. The minimum atomic E-state index is -0.821. The molecule has 6 heteroatoms. The van der Waals surface area contributed by atoms with Gasteiger partial charge in [0.05, 0.1) is 16.4 Å². The Morgan fingerprint density at radius 2 is 1.57 bits per heavy atom. The topological polar surface area (TPSA) is 70.6 Å². The van der Waals surface area contributed by atoms with Gasteiger partial charge in [-0.25, -0.2) is 0 Å². The fourth-order valence-corrected chi connectivity index (χ4v) is 2.22. The third-order valence-electron chi connectivity index (χ3n) is 3.13. The van der Waals surface area contributed by atoms with Gasteiger partial charge in [-0.15, -0.1) is 0 Å². The number of hydrogen-bond donors (Lipinski definition) is 2. The second-order valence-corrected chi connectivity index (χ2v) is 5.19. The maximum absolute atomic E-state index is 11.6. The summed E-state index contributed by atoms with van der Waals surface area (Å²) in [5.41, 5.74) is 1.77. The first-order valence-electron chi connectivity index (χ1n) is 6.86. The summed E-state index contributed by atoms with van der Waals surface area (Å²) in [6.45, 7) is 0. The Morgan fingerprint density at radius 1 is 0.870 bits per heavy atom. The zero-order valence-electron chi connectivity index (χ0n) is 11.9. The van der Waals surface area contributed by atoms with Crippen LogP contribution in [-0.2, 0) is 9.59 Å². The molecule has 0 fully saturated rings. The number of nitrogens with one attached hydrogen (secondary N) is 2. The molecule has 114 valence electrons. The molecule has 0 spiro atoms. The molecule has 0 bridgehead atoms. The first-order valence-corrected chi connectivity index (χ1v) is 7.24. The van der Waals surface area contributed by atoms with Gasteiger partial charge >= 0.3 is 5.91 Å². The maximum Gasteiger partial charge on any atom is 0.319 e. The fourth-order valence-electron chi connectivity index (χ4n) is 2.04. The Bertz CT molecular complexity index is 829. The standard InChI is InChI=1S/C17H12ClN3O2/c18-12-8-4-5-9-13(12)20-16-14(10-15(22)17(23)21-16)19-11-6-2-1-3-7-11/h1-10,19H,(H,20,21,23). The van der Waals surface area contributed by atoms with Crippen LogP contribution < -0.4 is 10.6 Å². The van der Waals surface area contributed by atoms with Crippen molar-refractivity contribution in [2.24, 2.45) is 4.99 Å². The molecule has 0 aromatic heterocycles. The van der Waals surface area contributed by atoms with E-state index >= 15 is 0 Å². The van der Waals surface area contributed by atoms with Crippen molar-refractivity contribution in [1.29, 1.82) is 0 Å². The molecule has 1 aliphatic heterocycles. The summed E-state index contributed by atoms with van der Waals surface area (Å²) in [7, 11) is 0. The summed E-state index contributed by atoms with van der Waals surface area (Å²) >= 11 is 6.11. The Balaban J connectivity index is 1.90. The smallest absolute Gasteiger partial charge is 0.319 e. The van der Waals surface area contributed by atoms with Gasteiger partial charge in [-0.3, -0.25) is 9.59 Å². The predicted octanol–water partition coefficient (Wildman–Crippen LogP) is 3.26. The Hall–Kier alpha value is -2.92. The highest BCUT2D eigenvalue weighted by Gasteiger charge is 2.22. The van der Waals surface area contributed by atoms with Crippen LogP contribution in [0.2, 0.25) is 5.02 Å². The van der Waals surface area contributed by atoms with Gasteiger partial charge in [-0.05, 0) is 24.3 Å². The molecule has 2 aromatic carbocycles. The first-order chi connectivity index (χ1) is 11.1. The van der Waals surface area contributed by atoms with E-state index in [4.69, 9.17) is 11.6 Å². The molecule has 1 amide bonds. The molecule has 2 aromatic rings. The average Bonchev–Trinajstić information content (AvgIpc) is 2.55. The summed E-state index contributed by atoms with van der Waals surface area (Å²) in [4.78, 5) is 27.0. The maximum atomic E-state index is 11.6. The summed E-state index contributed by atoms with van der Waals surface area (Å²) in [6, 6.07) is 16.4.